The van der Waals surface area contributed by atoms with Gasteiger partial charge in [0.15, 0.2) is 12.4 Å². The second kappa shape index (κ2) is 6.63. The second-order valence-electron chi connectivity index (χ2n) is 10.1. The van der Waals surface area contributed by atoms with E-state index in [1.165, 1.54) is 18.1 Å². The van der Waals surface area contributed by atoms with Gasteiger partial charge in [-0.1, -0.05) is 38.0 Å². The van der Waals surface area contributed by atoms with Crippen LogP contribution in [-0.4, -0.2) is 34.9 Å². The quantitative estimate of drug-likeness (QED) is 0.579. The van der Waals surface area contributed by atoms with Crippen LogP contribution in [0.3, 0.4) is 0 Å². The van der Waals surface area contributed by atoms with Gasteiger partial charge in [-0.25, -0.2) is 0 Å². The van der Waals surface area contributed by atoms with E-state index in [-0.39, 0.29) is 35.4 Å². The molecule has 158 valence electrons. The lowest BCUT2D eigenvalue weighted by Gasteiger charge is -2.54. The normalized spacial score (nSPS) is 43.5. The highest BCUT2D eigenvalue weighted by atomic mass is 16.5. The maximum atomic E-state index is 13.0. The van der Waals surface area contributed by atoms with Gasteiger partial charge in [-0.2, -0.15) is 0 Å². The predicted molar refractivity (Wildman–Crippen MR) is 108 cm³/mol. The molecular formula is C24H32O5. The third-order valence-electron chi connectivity index (χ3n) is 8.75. The summed E-state index contributed by atoms with van der Waals surface area (Å²) in [5.41, 5.74) is 0.541. The van der Waals surface area contributed by atoms with Crippen molar-refractivity contribution in [1.29, 1.82) is 0 Å². The minimum Gasteiger partial charge on any atom is -0.458 e. The van der Waals surface area contributed by atoms with Crippen LogP contribution in [-0.2, 0) is 19.1 Å². The fourth-order valence-electron chi connectivity index (χ4n) is 7.07. The number of hydrogen-bond acceptors (Lipinski definition) is 5. The molecule has 1 N–H and O–H groups in total. The molecule has 0 aliphatic heterocycles. The lowest BCUT2D eigenvalue weighted by molar-refractivity contribution is -0.167. The summed E-state index contributed by atoms with van der Waals surface area (Å²) >= 11 is 0. The van der Waals surface area contributed by atoms with Crippen molar-refractivity contribution in [2.45, 2.75) is 71.8 Å². The molecule has 0 aromatic rings. The first-order chi connectivity index (χ1) is 13.5. The second-order valence-corrected chi connectivity index (χ2v) is 10.1. The lowest BCUT2D eigenvalue weighted by atomic mass is 9.50. The van der Waals surface area contributed by atoms with E-state index >= 15 is 0 Å². The Morgan fingerprint density at radius 3 is 2.69 bits per heavy atom. The van der Waals surface area contributed by atoms with Crippen LogP contribution in [0.1, 0.15) is 66.2 Å². The van der Waals surface area contributed by atoms with E-state index in [9.17, 15) is 19.5 Å². The molecule has 2 fully saturated rings. The number of carbonyl (C=O) groups is 3. The first-order valence-electron chi connectivity index (χ1n) is 10.9. The fourth-order valence-corrected chi connectivity index (χ4v) is 7.07. The number of hydrogen-bond donors (Lipinski definition) is 1. The average molecular weight is 401 g/mol. The minimum atomic E-state index is -1.49. The summed E-state index contributed by atoms with van der Waals surface area (Å²) in [5, 5.41) is 11.7. The van der Waals surface area contributed by atoms with Gasteiger partial charge in [-0.3, -0.25) is 14.4 Å². The molecule has 5 nitrogen and oxygen atoms in total. The zero-order valence-electron chi connectivity index (χ0n) is 17.9. The van der Waals surface area contributed by atoms with Crippen LogP contribution in [0.25, 0.3) is 0 Å². The van der Waals surface area contributed by atoms with Gasteiger partial charge in [0.2, 0.25) is 5.78 Å². The number of esters is 1. The van der Waals surface area contributed by atoms with Gasteiger partial charge in [0.25, 0.3) is 0 Å². The smallest absolute Gasteiger partial charge is 0.303 e. The van der Waals surface area contributed by atoms with Crippen LogP contribution < -0.4 is 0 Å². The summed E-state index contributed by atoms with van der Waals surface area (Å²) in [7, 11) is 0. The first-order valence-corrected chi connectivity index (χ1v) is 10.9. The van der Waals surface area contributed by atoms with Gasteiger partial charge >= 0.3 is 5.97 Å². The van der Waals surface area contributed by atoms with E-state index in [2.05, 4.69) is 13.0 Å². The average Bonchev–Trinajstić information content (AvgIpc) is 2.88. The van der Waals surface area contributed by atoms with Crippen molar-refractivity contribution in [3.63, 3.8) is 0 Å². The van der Waals surface area contributed by atoms with E-state index < -0.39 is 17.0 Å². The van der Waals surface area contributed by atoms with Crippen molar-refractivity contribution in [3.8, 4) is 0 Å². The summed E-state index contributed by atoms with van der Waals surface area (Å²) in [4.78, 5) is 36.2. The van der Waals surface area contributed by atoms with Crippen LogP contribution in [0.5, 0.6) is 0 Å². The van der Waals surface area contributed by atoms with Crippen molar-refractivity contribution < 1.29 is 24.2 Å². The largest absolute Gasteiger partial charge is 0.458 e. The Morgan fingerprint density at radius 1 is 1.28 bits per heavy atom. The fraction of sp³-hybridized carbons (Fsp3) is 0.708. The number of rotatable bonds is 3. The Morgan fingerprint density at radius 2 is 2.00 bits per heavy atom. The van der Waals surface area contributed by atoms with Gasteiger partial charge in [-0.05, 0) is 55.9 Å². The van der Waals surface area contributed by atoms with Gasteiger partial charge in [0.05, 0.1) is 0 Å². The SMILES string of the molecule is CC(=O)OCC(=O)[C@@]1(O)[C@H](C)CC2C3CCC4=CC(=O)CC[C@]4(C)C3=CC[C@@]21C. The van der Waals surface area contributed by atoms with Crippen LogP contribution in [0.2, 0.25) is 0 Å². The van der Waals surface area contributed by atoms with Gasteiger partial charge in [0, 0.05) is 24.2 Å². The van der Waals surface area contributed by atoms with Crippen molar-refractivity contribution in [2.75, 3.05) is 6.61 Å². The third-order valence-corrected chi connectivity index (χ3v) is 8.75. The van der Waals surface area contributed by atoms with Crippen LogP contribution in [0.4, 0.5) is 0 Å². The lowest BCUT2D eigenvalue weighted by Crippen LogP contribution is -2.57. The van der Waals surface area contributed by atoms with Crippen LogP contribution in [0, 0.1) is 28.6 Å². The molecule has 29 heavy (non-hydrogen) atoms. The summed E-state index contributed by atoms with van der Waals surface area (Å²) in [5.74, 6) is -0.315. The predicted octanol–water partition coefficient (Wildman–Crippen LogP) is 3.55. The van der Waals surface area contributed by atoms with Crippen LogP contribution in [0.15, 0.2) is 23.3 Å². The Labute approximate surface area is 172 Å². The third kappa shape index (κ3) is 2.73. The van der Waals surface area contributed by atoms with Crippen molar-refractivity contribution in [2.24, 2.45) is 28.6 Å². The molecule has 5 heteroatoms. The summed E-state index contributed by atoms with van der Waals surface area (Å²) < 4.78 is 4.95. The van der Waals surface area contributed by atoms with E-state index in [4.69, 9.17) is 4.74 Å². The van der Waals surface area contributed by atoms with E-state index in [1.54, 1.807) is 0 Å². The number of Topliss-reactive ketones (excluding diaryl/α,β-unsaturated/α-hetero) is 1. The van der Waals surface area contributed by atoms with Crippen molar-refractivity contribution in [1.82, 2.24) is 0 Å². The highest BCUT2D eigenvalue weighted by Crippen LogP contribution is 2.66. The van der Waals surface area contributed by atoms with E-state index in [0.29, 0.717) is 18.8 Å². The molecule has 0 spiro atoms. The molecule has 0 amide bonds. The van der Waals surface area contributed by atoms with Crippen molar-refractivity contribution in [3.05, 3.63) is 23.3 Å². The topological polar surface area (TPSA) is 80.7 Å². The highest BCUT2D eigenvalue weighted by Gasteiger charge is 2.67. The number of aliphatic hydroxyl groups is 1. The standard InChI is InChI=1S/C24H32O5/c1-14-11-20-18-6-5-16-12-17(26)7-9-22(16,3)19(18)8-10-23(20,4)24(14,28)21(27)13-29-15(2)25/h8,12,14,18,20,28H,5-7,9-11,13H2,1-4H3/t14-,18?,20?,22+,23+,24+/m1/s1. The molecule has 0 aromatic carbocycles. The summed E-state index contributed by atoms with van der Waals surface area (Å²) in [6.07, 6.45) is 8.85. The Kier molecular flexibility index (Phi) is 4.69. The maximum Gasteiger partial charge on any atom is 0.303 e. The zero-order valence-corrected chi connectivity index (χ0v) is 17.9. The summed E-state index contributed by atoms with van der Waals surface area (Å²) in [6, 6.07) is 0. The van der Waals surface area contributed by atoms with E-state index in [0.717, 1.165) is 25.7 Å². The van der Waals surface area contributed by atoms with Gasteiger partial charge in [0.1, 0.15) is 5.60 Å². The highest BCUT2D eigenvalue weighted by molar-refractivity contribution is 5.92. The number of carbonyl (C=O) groups excluding carboxylic acids is 3. The molecular weight excluding hydrogens is 368 g/mol. The molecule has 6 atom stereocenters. The molecule has 4 aliphatic carbocycles. The van der Waals surface area contributed by atoms with Gasteiger partial charge < -0.3 is 9.84 Å². The Hall–Kier alpha value is -1.75. The molecule has 0 aromatic heterocycles. The summed E-state index contributed by atoms with van der Waals surface area (Å²) in [6.45, 7) is 7.16. The molecule has 0 heterocycles. The Bertz CT molecular complexity index is 838. The Balaban J connectivity index is 1.70. The zero-order chi connectivity index (χ0) is 21.2. The molecule has 2 unspecified atom stereocenters. The minimum absolute atomic E-state index is 0.0656. The number of ketones is 2. The molecule has 0 radical (unpaired) electrons. The number of fused-ring (bicyclic) bond motifs is 5. The molecule has 4 rings (SSSR count). The monoisotopic (exact) mass is 400 g/mol. The number of ether oxygens (including phenoxy) is 1. The molecule has 4 aliphatic rings. The van der Waals surface area contributed by atoms with E-state index in [1.807, 2.05) is 19.9 Å². The molecule has 0 saturated heterocycles. The van der Waals surface area contributed by atoms with Crippen LogP contribution >= 0.6 is 0 Å². The number of allylic oxidation sites excluding steroid dienone is 4. The molecule has 0 bridgehead atoms. The first kappa shape index (κ1) is 20.5. The maximum absolute atomic E-state index is 13.0. The molecule has 2 saturated carbocycles. The van der Waals surface area contributed by atoms with Gasteiger partial charge in [-0.15, -0.1) is 0 Å². The van der Waals surface area contributed by atoms with Crippen molar-refractivity contribution >= 4 is 17.5 Å².